The van der Waals surface area contributed by atoms with Crippen LogP contribution in [0.15, 0.2) is 18.2 Å². The molecule has 5 heteroatoms. The molecule has 4 nitrogen and oxygen atoms in total. The average Bonchev–Trinajstić information content (AvgIpc) is 2.28. The van der Waals surface area contributed by atoms with Crippen molar-refractivity contribution in [3.63, 3.8) is 0 Å². The van der Waals surface area contributed by atoms with Crippen LogP contribution in [0.1, 0.15) is 13.3 Å². The lowest BCUT2D eigenvalue weighted by atomic mass is 10.2. The molecule has 0 saturated heterocycles. The number of rotatable bonds is 5. The second-order valence-electron chi connectivity index (χ2n) is 4.42. The van der Waals surface area contributed by atoms with Crippen molar-refractivity contribution in [3.8, 4) is 0 Å². The summed E-state index contributed by atoms with van der Waals surface area (Å²) in [5.41, 5.74) is 7.15. The van der Waals surface area contributed by atoms with E-state index in [2.05, 4.69) is 6.92 Å². The summed E-state index contributed by atoms with van der Waals surface area (Å²) in [6.07, 6.45) is 0.946. The van der Waals surface area contributed by atoms with Crippen LogP contribution >= 0.6 is 11.6 Å². The molecule has 0 heterocycles. The second kappa shape index (κ2) is 6.50. The Hall–Kier alpha value is -1.42. The highest BCUT2D eigenvalue weighted by molar-refractivity contribution is 6.33. The zero-order valence-corrected chi connectivity index (χ0v) is 11.9. The molecule has 18 heavy (non-hydrogen) atoms. The Morgan fingerprint density at radius 3 is 2.56 bits per heavy atom. The zero-order chi connectivity index (χ0) is 13.7. The Morgan fingerprint density at radius 2 is 2.06 bits per heavy atom. The number of nitrogen functional groups attached to an aromatic ring is 1. The van der Waals surface area contributed by atoms with Crippen LogP contribution < -0.4 is 10.6 Å². The van der Waals surface area contributed by atoms with Crippen LogP contribution in [-0.2, 0) is 4.79 Å². The first-order valence-electron chi connectivity index (χ1n) is 5.95. The number of hydrogen-bond donors (Lipinski definition) is 1. The van der Waals surface area contributed by atoms with Gasteiger partial charge in [0.1, 0.15) is 0 Å². The number of amides is 1. The van der Waals surface area contributed by atoms with Gasteiger partial charge in [0.25, 0.3) is 0 Å². The predicted octanol–water partition coefficient (Wildman–Crippen LogP) is 2.23. The molecule has 0 spiro atoms. The molecule has 0 saturated carbocycles. The van der Waals surface area contributed by atoms with Gasteiger partial charge in [0.2, 0.25) is 5.91 Å². The summed E-state index contributed by atoms with van der Waals surface area (Å²) < 4.78 is 0. The Labute approximate surface area is 113 Å². The van der Waals surface area contributed by atoms with Gasteiger partial charge >= 0.3 is 0 Å². The van der Waals surface area contributed by atoms with Gasteiger partial charge in [0.15, 0.2) is 0 Å². The maximum absolute atomic E-state index is 11.8. The first kappa shape index (κ1) is 14.6. The first-order valence-corrected chi connectivity index (χ1v) is 6.33. The maximum Gasteiger partial charge on any atom is 0.241 e. The van der Waals surface area contributed by atoms with Gasteiger partial charge in [-0.2, -0.15) is 0 Å². The Bertz CT molecular complexity index is 421. The summed E-state index contributed by atoms with van der Waals surface area (Å²) in [5.74, 6) is 0.0522. The standard InChI is InChI=1S/C13H20ClN3O/c1-4-7-17(9-13(18)16(2)3)12-6-5-10(15)8-11(12)14/h5-6,8H,4,7,9,15H2,1-3H3. The number of likely N-dealkylation sites (N-methyl/N-ethyl adjacent to an activating group) is 1. The summed E-state index contributed by atoms with van der Waals surface area (Å²) in [6.45, 7) is 3.17. The summed E-state index contributed by atoms with van der Waals surface area (Å²) >= 11 is 6.18. The number of nitrogens with zero attached hydrogens (tertiary/aromatic N) is 2. The number of benzene rings is 1. The van der Waals surface area contributed by atoms with Gasteiger partial charge in [0, 0.05) is 26.3 Å². The molecule has 1 aromatic carbocycles. The van der Waals surface area contributed by atoms with Gasteiger partial charge in [-0.25, -0.2) is 0 Å². The van der Waals surface area contributed by atoms with Gasteiger partial charge in [-0.1, -0.05) is 18.5 Å². The van der Waals surface area contributed by atoms with Crippen molar-refractivity contribution in [2.75, 3.05) is 37.8 Å². The van der Waals surface area contributed by atoms with E-state index in [4.69, 9.17) is 17.3 Å². The van der Waals surface area contributed by atoms with E-state index in [0.717, 1.165) is 18.7 Å². The van der Waals surface area contributed by atoms with Crippen LogP contribution in [0.2, 0.25) is 5.02 Å². The highest BCUT2D eigenvalue weighted by Gasteiger charge is 2.14. The van der Waals surface area contributed by atoms with Crippen molar-refractivity contribution in [2.24, 2.45) is 0 Å². The van der Waals surface area contributed by atoms with Crippen molar-refractivity contribution in [3.05, 3.63) is 23.2 Å². The number of anilines is 2. The molecule has 0 radical (unpaired) electrons. The summed E-state index contributed by atoms with van der Waals surface area (Å²) in [6, 6.07) is 5.36. The molecule has 0 aliphatic rings. The Morgan fingerprint density at radius 1 is 1.39 bits per heavy atom. The molecule has 0 fully saturated rings. The largest absolute Gasteiger partial charge is 0.399 e. The van der Waals surface area contributed by atoms with Crippen LogP contribution in [0.5, 0.6) is 0 Å². The molecule has 0 bridgehead atoms. The first-order chi connectivity index (χ1) is 8.45. The highest BCUT2D eigenvalue weighted by Crippen LogP contribution is 2.27. The quantitative estimate of drug-likeness (QED) is 0.834. The fourth-order valence-corrected chi connectivity index (χ4v) is 1.95. The van der Waals surface area contributed by atoms with E-state index in [1.807, 2.05) is 11.0 Å². The lowest BCUT2D eigenvalue weighted by Crippen LogP contribution is -2.37. The topological polar surface area (TPSA) is 49.6 Å². The molecule has 0 atom stereocenters. The molecular weight excluding hydrogens is 250 g/mol. The lowest BCUT2D eigenvalue weighted by molar-refractivity contribution is -0.127. The molecule has 0 aliphatic heterocycles. The van der Waals surface area contributed by atoms with Crippen molar-refractivity contribution < 1.29 is 4.79 Å². The van der Waals surface area contributed by atoms with E-state index in [1.165, 1.54) is 0 Å². The van der Waals surface area contributed by atoms with Gasteiger partial charge in [0.05, 0.1) is 17.3 Å². The lowest BCUT2D eigenvalue weighted by Gasteiger charge is -2.26. The van der Waals surface area contributed by atoms with Crippen LogP contribution in [0.4, 0.5) is 11.4 Å². The number of hydrogen-bond acceptors (Lipinski definition) is 3. The average molecular weight is 270 g/mol. The van der Waals surface area contributed by atoms with E-state index in [1.54, 1.807) is 31.1 Å². The van der Waals surface area contributed by atoms with Crippen molar-refractivity contribution >= 4 is 28.9 Å². The fourth-order valence-electron chi connectivity index (χ4n) is 1.64. The third-order valence-corrected chi connectivity index (χ3v) is 2.93. The van der Waals surface area contributed by atoms with Gasteiger partial charge < -0.3 is 15.5 Å². The number of halogens is 1. The normalized spacial score (nSPS) is 10.2. The molecule has 1 rings (SSSR count). The van der Waals surface area contributed by atoms with E-state index in [9.17, 15) is 4.79 Å². The zero-order valence-electron chi connectivity index (χ0n) is 11.1. The van der Waals surface area contributed by atoms with Gasteiger partial charge in [-0.05, 0) is 24.6 Å². The summed E-state index contributed by atoms with van der Waals surface area (Å²) in [5, 5.41) is 0.579. The predicted molar refractivity (Wildman–Crippen MR) is 77.1 cm³/mol. The third-order valence-electron chi connectivity index (χ3n) is 2.63. The Kier molecular flexibility index (Phi) is 5.28. The maximum atomic E-state index is 11.8. The molecule has 0 unspecified atom stereocenters. The Balaban J connectivity index is 2.93. The minimum atomic E-state index is 0.0522. The minimum absolute atomic E-state index is 0.0522. The number of nitrogens with two attached hydrogens (primary N) is 1. The molecular formula is C13H20ClN3O. The van der Waals surface area contributed by atoms with E-state index < -0.39 is 0 Å². The van der Waals surface area contributed by atoms with Crippen LogP contribution in [0.3, 0.4) is 0 Å². The SMILES string of the molecule is CCCN(CC(=O)N(C)C)c1ccc(N)cc1Cl. The molecule has 0 aromatic heterocycles. The molecule has 1 aromatic rings. The third kappa shape index (κ3) is 3.81. The second-order valence-corrected chi connectivity index (χ2v) is 4.83. The smallest absolute Gasteiger partial charge is 0.241 e. The van der Waals surface area contributed by atoms with E-state index in [-0.39, 0.29) is 5.91 Å². The van der Waals surface area contributed by atoms with E-state index in [0.29, 0.717) is 17.3 Å². The van der Waals surface area contributed by atoms with E-state index >= 15 is 0 Å². The monoisotopic (exact) mass is 269 g/mol. The summed E-state index contributed by atoms with van der Waals surface area (Å²) in [7, 11) is 3.49. The van der Waals surface area contributed by atoms with Gasteiger partial charge in [-0.15, -0.1) is 0 Å². The molecule has 0 aliphatic carbocycles. The number of carbonyl (C=O) groups is 1. The minimum Gasteiger partial charge on any atom is -0.399 e. The van der Waals surface area contributed by atoms with Crippen LogP contribution in [0.25, 0.3) is 0 Å². The van der Waals surface area contributed by atoms with Crippen molar-refractivity contribution in [2.45, 2.75) is 13.3 Å². The molecule has 1 amide bonds. The van der Waals surface area contributed by atoms with Crippen LogP contribution in [0, 0.1) is 0 Å². The van der Waals surface area contributed by atoms with Crippen molar-refractivity contribution in [1.82, 2.24) is 4.90 Å². The fraction of sp³-hybridized carbons (Fsp3) is 0.462. The molecule has 100 valence electrons. The molecule has 2 N–H and O–H groups in total. The highest BCUT2D eigenvalue weighted by atomic mass is 35.5. The number of carbonyl (C=O) groups excluding carboxylic acids is 1. The van der Waals surface area contributed by atoms with Crippen LogP contribution in [-0.4, -0.2) is 38.0 Å². The van der Waals surface area contributed by atoms with Gasteiger partial charge in [-0.3, -0.25) is 4.79 Å². The summed E-state index contributed by atoms with van der Waals surface area (Å²) in [4.78, 5) is 15.3. The van der Waals surface area contributed by atoms with Crippen molar-refractivity contribution in [1.29, 1.82) is 0 Å².